The van der Waals surface area contributed by atoms with E-state index in [4.69, 9.17) is 4.74 Å². The lowest BCUT2D eigenvalue weighted by Crippen LogP contribution is -2.51. The van der Waals surface area contributed by atoms with Gasteiger partial charge in [0.2, 0.25) is 0 Å². The summed E-state index contributed by atoms with van der Waals surface area (Å²) in [6.45, 7) is 1.46. The van der Waals surface area contributed by atoms with E-state index in [9.17, 15) is 22.8 Å². The Morgan fingerprint density at radius 1 is 0.800 bits per heavy atom. The summed E-state index contributed by atoms with van der Waals surface area (Å²) in [7, 11) is -2.61. The average Bonchev–Trinajstić information content (AvgIpc) is 2.87. The van der Waals surface area contributed by atoms with E-state index in [-0.39, 0.29) is 16.1 Å². The number of rotatable bonds is 8. The monoisotopic (exact) mass is 496 g/mol. The summed E-state index contributed by atoms with van der Waals surface area (Å²) in [6, 6.07) is 19.2. The molecule has 182 valence electrons. The molecule has 3 amide bonds. The molecule has 0 radical (unpaired) electrons. The number of anilines is 1. The van der Waals surface area contributed by atoms with E-state index in [1.54, 1.807) is 54.6 Å². The zero-order valence-electron chi connectivity index (χ0n) is 18.9. The fourth-order valence-electron chi connectivity index (χ4n) is 2.97. The van der Waals surface area contributed by atoms with Gasteiger partial charge >= 0.3 is 0 Å². The lowest BCUT2D eigenvalue weighted by Gasteiger charge is -2.15. The van der Waals surface area contributed by atoms with Crippen molar-refractivity contribution in [3.63, 3.8) is 0 Å². The Hall–Kier alpha value is -4.38. The molecule has 0 aliphatic rings. The van der Waals surface area contributed by atoms with Crippen LogP contribution in [0, 0.1) is 0 Å². The number of hydrazine groups is 1. The molecule has 3 aromatic rings. The van der Waals surface area contributed by atoms with Crippen molar-refractivity contribution < 1.29 is 27.5 Å². The third-order valence-corrected chi connectivity index (χ3v) is 6.20. The number of amides is 3. The molecule has 0 spiro atoms. The smallest absolute Gasteiger partial charge is 0.269 e. The maximum Gasteiger partial charge on any atom is 0.269 e. The van der Waals surface area contributed by atoms with Gasteiger partial charge in [0, 0.05) is 11.1 Å². The number of hydrogen-bond acceptors (Lipinski definition) is 6. The van der Waals surface area contributed by atoms with Crippen molar-refractivity contribution >= 4 is 33.4 Å². The molecule has 11 heteroatoms. The Kier molecular flexibility index (Phi) is 8.05. The summed E-state index contributed by atoms with van der Waals surface area (Å²) in [6.07, 6.45) is 0. The molecule has 0 aliphatic heterocycles. The molecule has 0 bridgehead atoms. The van der Waals surface area contributed by atoms with Crippen LogP contribution in [0.2, 0.25) is 0 Å². The minimum Gasteiger partial charge on any atom is -0.495 e. The largest absolute Gasteiger partial charge is 0.495 e. The number of nitrogens with one attached hydrogen (secondary N) is 4. The number of methoxy groups -OCH3 is 1. The highest BCUT2D eigenvalue weighted by atomic mass is 32.2. The first-order valence-corrected chi connectivity index (χ1v) is 11.9. The maximum absolute atomic E-state index is 12.8. The second-order valence-corrected chi connectivity index (χ2v) is 9.02. The number of carbonyl (C=O) groups excluding carboxylic acids is 3. The Morgan fingerprint density at radius 3 is 2.17 bits per heavy atom. The van der Waals surface area contributed by atoms with Crippen LogP contribution in [0.15, 0.2) is 83.8 Å². The first-order valence-electron chi connectivity index (χ1n) is 10.4. The minimum atomic E-state index is -4.03. The Morgan fingerprint density at radius 2 is 1.46 bits per heavy atom. The van der Waals surface area contributed by atoms with Crippen molar-refractivity contribution in [2.45, 2.75) is 17.9 Å². The molecule has 0 saturated carbocycles. The predicted octanol–water partition coefficient (Wildman–Crippen LogP) is 2.08. The number of hydrogen-bond donors (Lipinski definition) is 4. The highest BCUT2D eigenvalue weighted by Gasteiger charge is 2.20. The molecule has 3 aromatic carbocycles. The number of ether oxygens (including phenoxy) is 1. The number of para-hydroxylation sites is 2. The van der Waals surface area contributed by atoms with Crippen LogP contribution in [0.25, 0.3) is 0 Å². The third kappa shape index (κ3) is 6.58. The number of sulfonamides is 1. The van der Waals surface area contributed by atoms with Gasteiger partial charge in [-0.05, 0) is 49.4 Å². The molecule has 0 heterocycles. The van der Waals surface area contributed by atoms with E-state index in [1.807, 2.05) is 0 Å². The van der Waals surface area contributed by atoms with Crippen LogP contribution in [0.1, 0.15) is 27.6 Å². The van der Waals surface area contributed by atoms with Crippen LogP contribution in [0.4, 0.5) is 5.69 Å². The fourth-order valence-corrected chi connectivity index (χ4v) is 4.09. The lowest BCUT2D eigenvalue weighted by molar-refractivity contribution is -0.123. The Balaban J connectivity index is 1.62. The maximum atomic E-state index is 12.8. The molecule has 3 rings (SSSR count). The van der Waals surface area contributed by atoms with Crippen LogP contribution in [-0.4, -0.2) is 39.3 Å². The molecule has 35 heavy (non-hydrogen) atoms. The Labute approximate surface area is 202 Å². The van der Waals surface area contributed by atoms with Crippen molar-refractivity contribution in [2.75, 3.05) is 11.8 Å². The van der Waals surface area contributed by atoms with E-state index >= 15 is 0 Å². The van der Waals surface area contributed by atoms with Crippen molar-refractivity contribution in [3.8, 4) is 5.75 Å². The molecule has 4 N–H and O–H groups in total. The third-order valence-electron chi connectivity index (χ3n) is 4.83. The van der Waals surface area contributed by atoms with Gasteiger partial charge in [-0.3, -0.25) is 30.0 Å². The molecular weight excluding hydrogens is 472 g/mol. The average molecular weight is 497 g/mol. The summed E-state index contributed by atoms with van der Waals surface area (Å²) >= 11 is 0. The number of benzene rings is 3. The van der Waals surface area contributed by atoms with E-state index in [0.717, 1.165) is 0 Å². The van der Waals surface area contributed by atoms with Gasteiger partial charge in [0.05, 0.1) is 17.7 Å². The zero-order chi connectivity index (χ0) is 25.4. The van der Waals surface area contributed by atoms with Crippen LogP contribution in [0.3, 0.4) is 0 Å². The van der Waals surface area contributed by atoms with E-state index in [0.29, 0.717) is 11.3 Å². The van der Waals surface area contributed by atoms with Crippen LogP contribution in [0.5, 0.6) is 5.75 Å². The summed E-state index contributed by atoms with van der Waals surface area (Å²) < 4.78 is 33.2. The highest BCUT2D eigenvalue weighted by Crippen LogP contribution is 2.26. The van der Waals surface area contributed by atoms with Gasteiger partial charge in [0.1, 0.15) is 11.8 Å². The van der Waals surface area contributed by atoms with Crippen molar-refractivity contribution in [3.05, 3.63) is 90.0 Å². The van der Waals surface area contributed by atoms with Crippen LogP contribution in [-0.2, 0) is 14.8 Å². The SMILES string of the molecule is COc1ccccc1NS(=O)(=O)c1cccc(C(=O)NNC(=O)[C@H](C)NC(=O)c2ccccc2)c1. The molecule has 0 fully saturated rings. The summed E-state index contributed by atoms with van der Waals surface area (Å²) in [5.41, 5.74) is 5.05. The van der Waals surface area contributed by atoms with Gasteiger partial charge in [-0.25, -0.2) is 8.42 Å². The second-order valence-electron chi connectivity index (χ2n) is 7.34. The summed E-state index contributed by atoms with van der Waals surface area (Å²) in [5.74, 6) is -1.51. The van der Waals surface area contributed by atoms with Gasteiger partial charge in [0.25, 0.3) is 27.7 Å². The van der Waals surface area contributed by atoms with Crippen LogP contribution < -0.4 is 25.6 Å². The van der Waals surface area contributed by atoms with Gasteiger partial charge < -0.3 is 10.1 Å². The van der Waals surface area contributed by atoms with Crippen molar-refractivity contribution in [1.82, 2.24) is 16.2 Å². The Bertz CT molecular complexity index is 1330. The lowest BCUT2D eigenvalue weighted by atomic mass is 10.2. The molecule has 0 aromatic heterocycles. The predicted molar refractivity (Wildman–Crippen MR) is 129 cm³/mol. The van der Waals surface area contributed by atoms with Gasteiger partial charge in [0.15, 0.2) is 0 Å². The van der Waals surface area contributed by atoms with E-state index in [1.165, 1.54) is 38.3 Å². The van der Waals surface area contributed by atoms with E-state index < -0.39 is 33.8 Å². The minimum absolute atomic E-state index is 0.00539. The molecule has 0 aliphatic carbocycles. The molecule has 1 atom stereocenters. The van der Waals surface area contributed by atoms with Crippen molar-refractivity contribution in [1.29, 1.82) is 0 Å². The van der Waals surface area contributed by atoms with E-state index in [2.05, 4.69) is 20.9 Å². The highest BCUT2D eigenvalue weighted by molar-refractivity contribution is 7.92. The normalized spacial score (nSPS) is 11.6. The quantitative estimate of drug-likeness (QED) is 0.352. The van der Waals surface area contributed by atoms with Crippen LogP contribution >= 0.6 is 0 Å². The standard InChI is InChI=1S/C24H24N4O6S/c1-16(25-23(30)17-9-4-3-5-10-17)22(29)26-27-24(31)18-11-8-12-19(15-18)35(32,33)28-20-13-6-7-14-21(20)34-2/h3-16,28H,1-2H3,(H,25,30)(H,26,29)(H,27,31)/t16-/m0/s1. The van der Waals surface area contributed by atoms with Crippen molar-refractivity contribution in [2.24, 2.45) is 0 Å². The van der Waals surface area contributed by atoms with Gasteiger partial charge in [-0.15, -0.1) is 0 Å². The fraction of sp³-hybridized carbons (Fsp3) is 0.125. The molecule has 0 unspecified atom stereocenters. The summed E-state index contributed by atoms with van der Waals surface area (Å²) in [5, 5.41) is 2.52. The number of carbonyl (C=O) groups is 3. The van der Waals surface area contributed by atoms with Gasteiger partial charge in [-0.1, -0.05) is 36.4 Å². The topological polar surface area (TPSA) is 143 Å². The zero-order valence-corrected chi connectivity index (χ0v) is 19.8. The second kappa shape index (κ2) is 11.2. The molecular formula is C24H24N4O6S. The first kappa shape index (κ1) is 25.2. The van der Waals surface area contributed by atoms with Gasteiger partial charge in [-0.2, -0.15) is 0 Å². The summed E-state index contributed by atoms with van der Waals surface area (Å²) in [4.78, 5) is 36.8. The molecule has 0 saturated heterocycles. The molecule has 10 nitrogen and oxygen atoms in total. The first-order chi connectivity index (χ1) is 16.7.